The van der Waals surface area contributed by atoms with Crippen LogP contribution in [0.5, 0.6) is 0 Å². The van der Waals surface area contributed by atoms with Crippen LogP contribution in [0.1, 0.15) is 57.8 Å². The Morgan fingerprint density at radius 2 is 1.55 bits per heavy atom. The third-order valence-corrected chi connectivity index (χ3v) is 8.24. The van der Waals surface area contributed by atoms with E-state index < -0.39 is 0 Å². The molecular weight excluding hydrogens is 336 g/mol. The van der Waals surface area contributed by atoms with Gasteiger partial charge in [-0.2, -0.15) is 0 Å². The minimum Gasteiger partial charge on any atom is -0.320 e. The highest BCUT2D eigenvalue weighted by molar-refractivity contribution is 9.09. The Morgan fingerprint density at radius 1 is 1.00 bits per heavy atom. The summed E-state index contributed by atoms with van der Waals surface area (Å²) in [6, 6.07) is 0. The van der Waals surface area contributed by atoms with Crippen LogP contribution in [0.15, 0.2) is 0 Å². The summed E-state index contributed by atoms with van der Waals surface area (Å²) >= 11 is 3.83. The van der Waals surface area contributed by atoms with E-state index in [1.54, 1.807) is 19.3 Å². The molecular formula is C19H36BrN2+. The maximum Gasteiger partial charge on any atom is 0.143 e. The Morgan fingerprint density at radius 3 is 2.05 bits per heavy atom. The molecule has 128 valence electrons. The van der Waals surface area contributed by atoms with Crippen molar-refractivity contribution in [1.29, 1.82) is 0 Å². The molecule has 0 aromatic heterocycles. The van der Waals surface area contributed by atoms with Gasteiger partial charge in [-0.3, -0.25) is 0 Å². The van der Waals surface area contributed by atoms with Crippen molar-refractivity contribution in [3.63, 3.8) is 0 Å². The summed E-state index contributed by atoms with van der Waals surface area (Å²) in [5.41, 5.74) is 0.703. The van der Waals surface area contributed by atoms with Crippen molar-refractivity contribution in [2.75, 3.05) is 34.2 Å². The maximum absolute atomic E-state index is 3.83. The highest BCUT2D eigenvalue weighted by atomic mass is 79.9. The van der Waals surface area contributed by atoms with E-state index in [0.29, 0.717) is 10.4 Å². The summed E-state index contributed by atoms with van der Waals surface area (Å²) in [6.45, 7) is 2.53. The number of nitrogens with one attached hydrogen (secondary N) is 1. The van der Waals surface area contributed by atoms with Gasteiger partial charge in [0.2, 0.25) is 0 Å². The van der Waals surface area contributed by atoms with Crippen LogP contribution >= 0.6 is 15.9 Å². The molecule has 1 unspecified atom stereocenters. The molecule has 0 aromatic rings. The minimum absolute atomic E-state index is 0.593. The van der Waals surface area contributed by atoms with Crippen molar-refractivity contribution in [3.05, 3.63) is 0 Å². The summed E-state index contributed by atoms with van der Waals surface area (Å²) in [7, 11) is 6.81. The predicted molar refractivity (Wildman–Crippen MR) is 98.1 cm³/mol. The molecule has 0 aromatic carbocycles. The van der Waals surface area contributed by atoms with Gasteiger partial charge in [-0.15, -0.1) is 0 Å². The number of hydrogen-bond acceptors (Lipinski definition) is 1. The van der Waals surface area contributed by atoms with Gasteiger partial charge in [0.25, 0.3) is 0 Å². The van der Waals surface area contributed by atoms with Gasteiger partial charge < -0.3 is 9.80 Å². The zero-order chi connectivity index (χ0) is 15.8. The average Bonchev–Trinajstić information content (AvgIpc) is 2.39. The van der Waals surface area contributed by atoms with E-state index in [-0.39, 0.29) is 0 Å². The summed E-state index contributed by atoms with van der Waals surface area (Å²) in [6.07, 6.45) is 13.3. The third kappa shape index (κ3) is 4.08. The Hall–Kier alpha value is 0.400. The normalized spacial score (nSPS) is 38.5. The molecule has 0 aliphatic heterocycles. The smallest absolute Gasteiger partial charge is 0.143 e. The van der Waals surface area contributed by atoms with Crippen molar-refractivity contribution in [3.8, 4) is 0 Å². The van der Waals surface area contributed by atoms with Crippen LogP contribution in [0.4, 0.5) is 0 Å². The number of rotatable bonds is 8. The fourth-order valence-electron chi connectivity index (χ4n) is 5.81. The van der Waals surface area contributed by atoms with Crippen molar-refractivity contribution in [2.45, 2.75) is 62.7 Å². The van der Waals surface area contributed by atoms with Crippen molar-refractivity contribution in [2.24, 2.45) is 23.2 Å². The molecule has 22 heavy (non-hydrogen) atoms. The molecule has 0 saturated heterocycles. The molecule has 1 N–H and O–H groups in total. The quantitative estimate of drug-likeness (QED) is 0.288. The molecule has 0 spiro atoms. The van der Waals surface area contributed by atoms with Crippen LogP contribution in [-0.4, -0.2) is 43.7 Å². The third-order valence-electron chi connectivity index (χ3n) is 6.55. The van der Waals surface area contributed by atoms with E-state index in [1.165, 1.54) is 51.6 Å². The van der Waals surface area contributed by atoms with Gasteiger partial charge in [0.1, 0.15) is 4.95 Å². The van der Waals surface area contributed by atoms with Gasteiger partial charge in [-0.1, -0.05) is 0 Å². The van der Waals surface area contributed by atoms with E-state index in [4.69, 9.17) is 0 Å². The molecule has 3 heteroatoms. The molecule has 0 amide bonds. The van der Waals surface area contributed by atoms with Crippen LogP contribution < -0.4 is 5.32 Å². The maximum atomic E-state index is 3.83. The van der Waals surface area contributed by atoms with Gasteiger partial charge in [-0.05, 0) is 97.0 Å². The van der Waals surface area contributed by atoms with Crippen LogP contribution in [0.2, 0.25) is 0 Å². The zero-order valence-corrected chi connectivity index (χ0v) is 16.5. The largest absolute Gasteiger partial charge is 0.320 e. The van der Waals surface area contributed by atoms with Crippen molar-refractivity contribution in [1.82, 2.24) is 5.32 Å². The van der Waals surface area contributed by atoms with Crippen molar-refractivity contribution < 1.29 is 4.48 Å². The first-order valence-corrected chi connectivity index (χ1v) is 10.4. The Labute approximate surface area is 146 Å². The lowest BCUT2D eigenvalue weighted by Gasteiger charge is -2.57. The average molecular weight is 372 g/mol. The van der Waals surface area contributed by atoms with E-state index in [9.17, 15) is 0 Å². The molecule has 0 radical (unpaired) electrons. The minimum atomic E-state index is 0.593. The fraction of sp³-hybridized carbons (Fsp3) is 1.00. The van der Waals surface area contributed by atoms with E-state index in [2.05, 4.69) is 42.4 Å². The lowest BCUT2D eigenvalue weighted by molar-refractivity contribution is -0.879. The number of nitrogens with zero attached hydrogens (tertiary/aromatic N) is 1. The first kappa shape index (κ1) is 17.2. The van der Waals surface area contributed by atoms with E-state index in [0.717, 1.165) is 22.2 Å². The Kier molecular flexibility index (Phi) is 5.26. The van der Waals surface area contributed by atoms with Gasteiger partial charge >= 0.3 is 0 Å². The van der Waals surface area contributed by atoms with E-state index in [1.807, 2.05) is 0 Å². The van der Waals surface area contributed by atoms with Crippen LogP contribution in [0, 0.1) is 23.2 Å². The molecule has 4 aliphatic rings. The van der Waals surface area contributed by atoms with E-state index >= 15 is 0 Å². The molecule has 4 aliphatic carbocycles. The lowest BCUT2D eigenvalue weighted by atomic mass is 9.49. The second kappa shape index (κ2) is 6.72. The first-order chi connectivity index (χ1) is 10.4. The standard InChI is InChI=1S/C19H36BrN2/c1-22(2,3)18(20)6-4-5-7-21-14-19-11-15-8-16(12-19)10-17(9-15)13-19/h15-18,21H,4-14H2,1-3H3/q+1. The Balaban J connectivity index is 1.32. The van der Waals surface area contributed by atoms with Gasteiger partial charge in [0.05, 0.1) is 21.1 Å². The lowest BCUT2D eigenvalue weighted by Crippen LogP contribution is -2.50. The van der Waals surface area contributed by atoms with Crippen LogP contribution in [0.3, 0.4) is 0 Å². The molecule has 4 rings (SSSR count). The zero-order valence-electron chi connectivity index (χ0n) is 14.9. The molecule has 4 bridgehead atoms. The monoisotopic (exact) mass is 371 g/mol. The molecule has 0 heterocycles. The number of halogens is 1. The summed E-state index contributed by atoms with van der Waals surface area (Å²) in [4.78, 5) is 0.593. The number of hydrogen-bond donors (Lipinski definition) is 1. The number of alkyl halides is 1. The SMILES string of the molecule is C[N+](C)(C)C(Br)CCCCNCC12CC3CC(CC(C3)C1)C2. The second-order valence-electron chi connectivity index (χ2n) is 9.64. The fourth-order valence-corrected chi connectivity index (χ4v) is 6.13. The summed E-state index contributed by atoms with van der Waals surface area (Å²) < 4.78 is 1.01. The number of unbranched alkanes of at least 4 members (excludes halogenated alkanes) is 1. The molecule has 4 saturated carbocycles. The van der Waals surface area contributed by atoms with Gasteiger partial charge in [-0.25, -0.2) is 0 Å². The van der Waals surface area contributed by atoms with Gasteiger partial charge in [0, 0.05) is 13.0 Å². The highest BCUT2D eigenvalue weighted by Crippen LogP contribution is 2.59. The summed E-state index contributed by atoms with van der Waals surface area (Å²) in [5, 5.41) is 3.83. The molecule has 2 nitrogen and oxygen atoms in total. The number of quaternary nitrogens is 1. The topological polar surface area (TPSA) is 12.0 Å². The molecule has 4 fully saturated rings. The predicted octanol–water partition coefficient (Wildman–Crippen LogP) is 4.39. The highest BCUT2D eigenvalue weighted by Gasteiger charge is 2.50. The van der Waals surface area contributed by atoms with Crippen LogP contribution in [-0.2, 0) is 0 Å². The van der Waals surface area contributed by atoms with Crippen LogP contribution in [0.25, 0.3) is 0 Å². The van der Waals surface area contributed by atoms with Gasteiger partial charge in [0.15, 0.2) is 0 Å². The molecule has 1 atom stereocenters. The first-order valence-electron chi connectivity index (χ1n) is 9.52. The van der Waals surface area contributed by atoms with Crippen molar-refractivity contribution >= 4 is 15.9 Å². The summed E-state index contributed by atoms with van der Waals surface area (Å²) in [5.74, 6) is 3.27. The second-order valence-corrected chi connectivity index (χ2v) is 10.7. The Bertz CT molecular complexity index is 339.